The summed E-state index contributed by atoms with van der Waals surface area (Å²) in [7, 11) is 0. The molecule has 6 nitrogen and oxygen atoms in total. The molecule has 0 atom stereocenters. The number of hydrogen-bond donors (Lipinski definition) is 2. The van der Waals surface area contributed by atoms with E-state index in [0.717, 1.165) is 12.1 Å². The Labute approximate surface area is 167 Å². The summed E-state index contributed by atoms with van der Waals surface area (Å²) in [6.45, 7) is 1.28. The fourth-order valence-corrected chi connectivity index (χ4v) is 4.25. The van der Waals surface area contributed by atoms with Gasteiger partial charge in [0.1, 0.15) is 5.54 Å². The zero-order valence-corrected chi connectivity index (χ0v) is 16.3. The average molecular weight is 382 g/mol. The van der Waals surface area contributed by atoms with Crippen molar-refractivity contribution in [3.8, 4) is 6.07 Å². The SMILES string of the molecule is N#CC1(NC(=O)[CH]CC2CCCCC2)CCN(c2cccc(C(N)=O)c2)CC1. The summed E-state index contributed by atoms with van der Waals surface area (Å²) in [5.41, 5.74) is 5.93. The van der Waals surface area contributed by atoms with Crippen LogP contribution < -0.4 is 16.0 Å². The molecule has 1 aromatic carbocycles. The van der Waals surface area contributed by atoms with E-state index in [1.165, 1.54) is 32.1 Å². The Morgan fingerprint density at radius 2 is 1.96 bits per heavy atom. The quantitative estimate of drug-likeness (QED) is 0.791. The molecule has 1 saturated carbocycles. The summed E-state index contributed by atoms with van der Waals surface area (Å²) in [6.07, 6.45) is 9.86. The summed E-state index contributed by atoms with van der Waals surface area (Å²) in [4.78, 5) is 25.9. The molecule has 0 spiro atoms. The predicted octanol–water partition coefficient (Wildman–Crippen LogP) is 2.94. The van der Waals surface area contributed by atoms with Gasteiger partial charge in [-0.25, -0.2) is 0 Å². The predicted molar refractivity (Wildman–Crippen MR) is 108 cm³/mol. The maximum atomic E-state index is 12.4. The van der Waals surface area contributed by atoms with Gasteiger partial charge in [0.25, 0.3) is 0 Å². The molecule has 6 heteroatoms. The molecule has 0 unspecified atom stereocenters. The van der Waals surface area contributed by atoms with Crippen molar-refractivity contribution in [1.82, 2.24) is 5.32 Å². The first kappa shape index (κ1) is 20.2. The van der Waals surface area contributed by atoms with E-state index in [4.69, 9.17) is 5.73 Å². The van der Waals surface area contributed by atoms with E-state index < -0.39 is 11.4 Å². The van der Waals surface area contributed by atoms with Crippen LogP contribution in [0.15, 0.2) is 24.3 Å². The van der Waals surface area contributed by atoms with Gasteiger partial charge < -0.3 is 16.0 Å². The molecule has 1 aliphatic carbocycles. The summed E-state index contributed by atoms with van der Waals surface area (Å²) in [6, 6.07) is 9.55. The maximum Gasteiger partial charge on any atom is 0.248 e. The van der Waals surface area contributed by atoms with Crippen molar-refractivity contribution < 1.29 is 9.59 Å². The van der Waals surface area contributed by atoms with Gasteiger partial charge in [-0.1, -0.05) is 38.2 Å². The minimum atomic E-state index is -0.821. The summed E-state index contributed by atoms with van der Waals surface area (Å²) < 4.78 is 0. The molecule has 3 N–H and O–H groups in total. The van der Waals surface area contributed by atoms with Crippen LogP contribution in [0.2, 0.25) is 0 Å². The van der Waals surface area contributed by atoms with Crippen LogP contribution in [-0.2, 0) is 4.79 Å². The van der Waals surface area contributed by atoms with Gasteiger partial charge in [-0.3, -0.25) is 9.59 Å². The van der Waals surface area contributed by atoms with Crippen molar-refractivity contribution in [2.45, 2.75) is 56.9 Å². The van der Waals surface area contributed by atoms with Gasteiger partial charge >= 0.3 is 0 Å². The number of nitrogens with one attached hydrogen (secondary N) is 1. The van der Waals surface area contributed by atoms with Crippen LogP contribution in [0.25, 0.3) is 0 Å². The van der Waals surface area contributed by atoms with Crippen LogP contribution in [0.5, 0.6) is 0 Å². The van der Waals surface area contributed by atoms with E-state index in [0.29, 0.717) is 37.4 Å². The standard InChI is InChI=1S/C22H29N4O2/c23-16-22(25-20(27)10-9-17-5-2-1-3-6-17)11-13-26(14-12-22)19-8-4-7-18(15-19)21(24)28/h4,7-8,10,15,17H,1-3,5-6,9,11-14H2,(H2,24,28)(H,25,27). The molecule has 1 radical (unpaired) electrons. The van der Waals surface area contributed by atoms with Crippen LogP contribution >= 0.6 is 0 Å². The minimum absolute atomic E-state index is 0.128. The summed E-state index contributed by atoms with van der Waals surface area (Å²) in [5.74, 6) is 0.0270. The van der Waals surface area contributed by atoms with Crippen molar-refractivity contribution in [2.75, 3.05) is 18.0 Å². The fraction of sp³-hybridized carbons (Fsp3) is 0.545. The Morgan fingerprint density at radius 3 is 2.61 bits per heavy atom. The van der Waals surface area contributed by atoms with Gasteiger partial charge in [0, 0.05) is 43.6 Å². The molecule has 1 aromatic rings. The number of amides is 2. The molecular weight excluding hydrogens is 352 g/mol. The lowest BCUT2D eigenvalue weighted by atomic mass is 9.85. The Morgan fingerprint density at radius 1 is 1.25 bits per heavy atom. The number of primary amides is 1. The van der Waals surface area contributed by atoms with Gasteiger partial charge in [-0.15, -0.1) is 0 Å². The second-order valence-electron chi connectivity index (χ2n) is 8.03. The van der Waals surface area contributed by atoms with E-state index in [1.54, 1.807) is 18.6 Å². The van der Waals surface area contributed by atoms with Crippen molar-refractivity contribution in [3.05, 3.63) is 36.2 Å². The van der Waals surface area contributed by atoms with Gasteiger partial charge in [0.2, 0.25) is 11.8 Å². The van der Waals surface area contributed by atoms with Crippen LogP contribution in [0.4, 0.5) is 5.69 Å². The maximum absolute atomic E-state index is 12.4. The second-order valence-corrected chi connectivity index (χ2v) is 8.03. The van der Waals surface area contributed by atoms with Gasteiger partial charge in [0.05, 0.1) is 6.07 Å². The molecule has 28 heavy (non-hydrogen) atoms. The highest BCUT2D eigenvalue weighted by molar-refractivity contribution is 5.93. The molecule has 1 heterocycles. The molecule has 1 aliphatic heterocycles. The van der Waals surface area contributed by atoms with Crippen LogP contribution in [0.3, 0.4) is 0 Å². The summed E-state index contributed by atoms with van der Waals surface area (Å²) >= 11 is 0. The van der Waals surface area contributed by atoms with E-state index in [-0.39, 0.29) is 5.91 Å². The molecule has 2 amide bonds. The molecule has 2 fully saturated rings. The van der Waals surface area contributed by atoms with E-state index >= 15 is 0 Å². The lowest BCUT2D eigenvalue weighted by Gasteiger charge is -2.39. The number of nitriles is 1. The van der Waals surface area contributed by atoms with Crippen LogP contribution in [0, 0.1) is 23.7 Å². The third-order valence-electron chi connectivity index (χ3n) is 6.05. The topological polar surface area (TPSA) is 99.2 Å². The first-order chi connectivity index (χ1) is 13.5. The number of nitrogens with zero attached hydrogens (tertiary/aromatic N) is 2. The van der Waals surface area contributed by atoms with Crippen molar-refractivity contribution in [3.63, 3.8) is 0 Å². The number of rotatable bonds is 6. The largest absolute Gasteiger partial charge is 0.371 e. The Kier molecular flexibility index (Phi) is 6.56. The number of anilines is 1. The first-order valence-corrected chi connectivity index (χ1v) is 10.2. The third-order valence-corrected chi connectivity index (χ3v) is 6.05. The van der Waals surface area contributed by atoms with Crippen LogP contribution in [0.1, 0.15) is 61.7 Å². The number of carbonyl (C=O) groups excluding carboxylic acids is 2. The Bertz CT molecular complexity index is 741. The zero-order chi connectivity index (χ0) is 20.0. The lowest BCUT2D eigenvalue weighted by Crippen LogP contribution is -2.54. The number of piperidine rings is 1. The molecule has 2 aliphatic rings. The third kappa shape index (κ3) is 5.03. The molecule has 149 valence electrons. The number of nitrogens with two attached hydrogens (primary N) is 1. The van der Waals surface area contributed by atoms with Crippen molar-refractivity contribution in [2.24, 2.45) is 11.7 Å². The zero-order valence-electron chi connectivity index (χ0n) is 16.3. The Balaban J connectivity index is 1.53. The first-order valence-electron chi connectivity index (χ1n) is 10.2. The lowest BCUT2D eigenvalue weighted by molar-refractivity contribution is -0.119. The molecular formula is C22H29N4O2. The number of carbonyl (C=O) groups is 2. The van der Waals surface area contributed by atoms with Gasteiger partial charge in [-0.05, 0) is 30.5 Å². The number of hydrogen-bond acceptors (Lipinski definition) is 4. The highest BCUT2D eigenvalue weighted by atomic mass is 16.2. The van der Waals surface area contributed by atoms with E-state index in [9.17, 15) is 14.9 Å². The highest BCUT2D eigenvalue weighted by Gasteiger charge is 2.36. The fourth-order valence-electron chi connectivity index (χ4n) is 4.25. The second kappa shape index (κ2) is 9.09. The minimum Gasteiger partial charge on any atom is -0.371 e. The molecule has 1 saturated heterocycles. The molecule has 0 bridgehead atoms. The van der Waals surface area contributed by atoms with Gasteiger partial charge in [-0.2, -0.15) is 5.26 Å². The van der Waals surface area contributed by atoms with E-state index in [2.05, 4.69) is 16.3 Å². The molecule has 0 aromatic heterocycles. The van der Waals surface area contributed by atoms with E-state index in [1.807, 2.05) is 12.1 Å². The summed E-state index contributed by atoms with van der Waals surface area (Å²) in [5, 5.41) is 12.7. The van der Waals surface area contributed by atoms with Gasteiger partial charge in [0.15, 0.2) is 0 Å². The van der Waals surface area contributed by atoms with Crippen molar-refractivity contribution in [1.29, 1.82) is 5.26 Å². The monoisotopic (exact) mass is 381 g/mol. The molecule has 3 rings (SSSR count). The highest BCUT2D eigenvalue weighted by Crippen LogP contribution is 2.29. The normalized spacial score (nSPS) is 19.6. The van der Waals surface area contributed by atoms with Crippen molar-refractivity contribution >= 4 is 17.5 Å². The number of benzene rings is 1. The average Bonchev–Trinajstić information content (AvgIpc) is 2.73. The van der Waals surface area contributed by atoms with Crippen LogP contribution in [-0.4, -0.2) is 30.4 Å². The smallest absolute Gasteiger partial charge is 0.248 e. The Hall–Kier alpha value is -2.55.